The molecular formula is C19H36N6O7S. The van der Waals surface area contributed by atoms with Gasteiger partial charge in [0.1, 0.15) is 24.2 Å². The SMILES string of the molecule is CSCCC(NC(=O)C(N)C(C)O)C(=O)NC(CCCCN)C(=O)NC(CC(N)=O)C(=O)O. The van der Waals surface area contributed by atoms with Gasteiger partial charge in [0.05, 0.1) is 12.5 Å². The molecule has 5 unspecified atom stereocenters. The van der Waals surface area contributed by atoms with Gasteiger partial charge < -0.3 is 43.4 Å². The van der Waals surface area contributed by atoms with Crippen LogP contribution in [0.1, 0.15) is 39.0 Å². The van der Waals surface area contributed by atoms with Crippen LogP contribution in [0, 0.1) is 0 Å². The summed E-state index contributed by atoms with van der Waals surface area (Å²) < 4.78 is 0. The lowest BCUT2D eigenvalue weighted by atomic mass is 10.1. The first kappa shape index (κ1) is 30.6. The van der Waals surface area contributed by atoms with E-state index in [2.05, 4.69) is 16.0 Å². The Labute approximate surface area is 196 Å². The molecule has 0 fully saturated rings. The first-order valence-electron chi connectivity index (χ1n) is 10.5. The van der Waals surface area contributed by atoms with Crippen LogP contribution >= 0.6 is 11.8 Å². The number of carbonyl (C=O) groups is 5. The van der Waals surface area contributed by atoms with E-state index in [1.54, 1.807) is 0 Å². The average Bonchev–Trinajstić information content (AvgIpc) is 2.73. The van der Waals surface area contributed by atoms with Gasteiger partial charge in [-0.05, 0) is 51.2 Å². The van der Waals surface area contributed by atoms with E-state index in [-0.39, 0.29) is 12.8 Å². The van der Waals surface area contributed by atoms with Crippen molar-refractivity contribution in [1.82, 2.24) is 16.0 Å². The van der Waals surface area contributed by atoms with Gasteiger partial charge >= 0.3 is 5.97 Å². The van der Waals surface area contributed by atoms with Crippen LogP contribution in [0.3, 0.4) is 0 Å². The lowest BCUT2D eigenvalue weighted by Gasteiger charge is -2.25. The monoisotopic (exact) mass is 492 g/mol. The Morgan fingerprint density at radius 3 is 1.88 bits per heavy atom. The van der Waals surface area contributed by atoms with E-state index in [9.17, 15) is 34.2 Å². The molecule has 0 aromatic carbocycles. The highest BCUT2D eigenvalue weighted by molar-refractivity contribution is 7.98. The van der Waals surface area contributed by atoms with Crippen molar-refractivity contribution >= 4 is 41.4 Å². The summed E-state index contributed by atoms with van der Waals surface area (Å²) in [6.45, 7) is 1.69. The summed E-state index contributed by atoms with van der Waals surface area (Å²) in [7, 11) is 0. The molecule has 190 valence electrons. The van der Waals surface area contributed by atoms with Gasteiger partial charge in [-0.1, -0.05) is 0 Å². The van der Waals surface area contributed by atoms with Gasteiger partial charge in [0, 0.05) is 0 Å². The second-order valence-corrected chi connectivity index (χ2v) is 8.51. The molecule has 33 heavy (non-hydrogen) atoms. The van der Waals surface area contributed by atoms with E-state index >= 15 is 0 Å². The van der Waals surface area contributed by atoms with Crippen molar-refractivity contribution in [1.29, 1.82) is 0 Å². The maximum atomic E-state index is 12.9. The van der Waals surface area contributed by atoms with Crippen LogP contribution in [0.25, 0.3) is 0 Å². The second-order valence-electron chi connectivity index (χ2n) is 7.52. The molecule has 0 rings (SSSR count). The van der Waals surface area contributed by atoms with Crippen molar-refractivity contribution < 1.29 is 34.2 Å². The molecule has 0 aromatic heterocycles. The summed E-state index contributed by atoms with van der Waals surface area (Å²) in [4.78, 5) is 60.3. The molecule has 5 atom stereocenters. The van der Waals surface area contributed by atoms with Gasteiger partial charge in [-0.25, -0.2) is 4.79 Å². The number of primary amides is 1. The molecule has 0 saturated heterocycles. The zero-order valence-electron chi connectivity index (χ0n) is 18.9. The van der Waals surface area contributed by atoms with Crippen LogP contribution < -0.4 is 33.2 Å². The highest BCUT2D eigenvalue weighted by atomic mass is 32.2. The lowest BCUT2D eigenvalue weighted by Crippen LogP contribution is -2.58. The fourth-order valence-electron chi connectivity index (χ4n) is 2.70. The molecule has 0 aliphatic carbocycles. The van der Waals surface area contributed by atoms with Crippen molar-refractivity contribution in [3.63, 3.8) is 0 Å². The largest absolute Gasteiger partial charge is 0.480 e. The normalized spacial score (nSPS) is 15.4. The minimum absolute atomic E-state index is 0.147. The van der Waals surface area contributed by atoms with Gasteiger partial charge in [0.15, 0.2) is 0 Å². The molecule has 0 spiro atoms. The van der Waals surface area contributed by atoms with Crippen LogP contribution in [-0.2, 0) is 24.0 Å². The molecule has 0 saturated carbocycles. The fraction of sp³-hybridized carbons (Fsp3) is 0.737. The number of carboxylic acids is 1. The van der Waals surface area contributed by atoms with E-state index in [1.165, 1.54) is 18.7 Å². The number of amides is 4. The van der Waals surface area contributed by atoms with Gasteiger partial charge in [-0.2, -0.15) is 11.8 Å². The Bertz CT molecular complexity index is 679. The number of nitrogens with one attached hydrogen (secondary N) is 3. The van der Waals surface area contributed by atoms with Crippen molar-refractivity contribution in [2.24, 2.45) is 17.2 Å². The molecule has 14 heteroatoms. The number of carboxylic acid groups (broad SMARTS) is 1. The van der Waals surface area contributed by atoms with E-state index < -0.39 is 66.3 Å². The highest BCUT2D eigenvalue weighted by Gasteiger charge is 2.31. The number of hydrogen-bond donors (Lipinski definition) is 8. The second kappa shape index (κ2) is 16.2. The number of aliphatic hydroxyl groups excluding tert-OH is 1. The topological polar surface area (TPSA) is 240 Å². The number of aliphatic hydroxyl groups is 1. The quantitative estimate of drug-likeness (QED) is 0.0956. The Morgan fingerprint density at radius 1 is 0.909 bits per heavy atom. The van der Waals surface area contributed by atoms with Crippen molar-refractivity contribution in [3.05, 3.63) is 0 Å². The fourth-order valence-corrected chi connectivity index (χ4v) is 3.17. The standard InChI is InChI=1S/C19H36N6O7S/c1-10(26)15(22)18(30)24-12(6-8-33-2)17(29)23-11(5-3-4-7-20)16(28)25-13(19(31)32)9-14(21)27/h10-13,15,26H,3-9,20,22H2,1-2H3,(H2,21,27)(H,23,29)(H,24,30)(H,25,28)(H,31,32). The molecule has 0 bridgehead atoms. The van der Waals surface area contributed by atoms with E-state index in [0.29, 0.717) is 25.1 Å². The number of unbranched alkanes of at least 4 members (excludes halogenated alkanes) is 1. The maximum absolute atomic E-state index is 12.9. The molecule has 0 aromatic rings. The Balaban J connectivity index is 5.49. The summed E-state index contributed by atoms with van der Waals surface area (Å²) in [5, 5.41) is 25.9. The molecule has 4 amide bonds. The van der Waals surface area contributed by atoms with Gasteiger partial charge in [-0.15, -0.1) is 0 Å². The Kier molecular flexibility index (Phi) is 15.0. The minimum atomic E-state index is -1.56. The summed E-state index contributed by atoms with van der Waals surface area (Å²) in [5.74, 6) is -4.09. The van der Waals surface area contributed by atoms with Crippen LogP contribution in [0.15, 0.2) is 0 Å². The van der Waals surface area contributed by atoms with Crippen molar-refractivity contribution in [2.45, 2.75) is 69.3 Å². The summed E-state index contributed by atoms with van der Waals surface area (Å²) in [6, 6.07) is -4.98. The number of hydrogen-bond acceptors (Lipinski definition) is 9. The summed E-state index contributed by atoms with van der Waals surface area (Å²) in [5.41, 5.74) is 16.1. The van der Waals surface area contributed by atoms with Gasteiger partial charge in [0.25, 0.3) is 0 Å². The number of carbonyl (C=O) groups excluding carboxylic acids is 4. The van der Waals surface area contributed by atoms with Gasteiger partial charge in [0.2, 0.25) is 23.6 Å². The first-order chi connectivity index (χ1) is 15.4. The molecule has 11 N–H and O–H groups in total. The zero-order chi connectivity index (χ0) is 25.6. The number of nitrogens with two attached hydrogens (primary N) is 3. The molecule has 0 radical (unpaired) electrons. The van der Waals surface area contributed by atoms with Crippen LogP contribution in [0.2, 0.25) is 0 Å². The van der Waals surface area contributed by atoms with Crippen LogP contribution in [0.5, 0.6) is 0 Å². The molecular weight excluding hydrogens is 456 g/mol. The van der Waals surface area contributed by atoms with Gasteiger partial charge in [-0.3, -0.25) is 19.2 Å². The Hall–Kier alpha value is -2.42. The minimum Gasteiger partial charge on any atom is -0.480 e. The van der Waals surface area contributed by atoms with Crippen molar-refractivity contribution in [2.75, 3.05) is 18.6 Å². The van der Waals surface area contributed by atoms with Crippen LogP contribution in [0.4, 0.5) is 0 Å². The third-order valence-corrected chi connectivity index (χ3v) is 5.31. The van der Waals surface area contributed by atoms with Crippen LogP contribution in [-0.4, -0.2) is 88.6 Å². The highest BCUT2D eigenvalue weighted by Crippen LogP contribution is 2.07. The molecule has 13 nitrogen and oxygen atoms in total. The number of rotatable bonds is 17. The third-order valence-electron chi connectivity index (χ3n) is 4.67. The number of thioether (sulfide) groups is 1. The smallest absolute Gasteiger partial charge is 0.326 e. The van der Waals surface area contributed by atoms with E-state index in [1.807, 2.05) is 6.26 Å². The maximum Gasteiger partial charge on any atom is 0.326 e. The lowest BCUT2D eigenvalue weighted by molar-refractivity contribution is -0.143. The van der Waals surface area contributed by atoms with Crippen molar-refractivity contribution in [3.8, 4) is 0 Å². The predicted octanol–water partition coefficient (Wildman–Crippen LogP) is -3.01. The predicted molar refractivity (Wildman–Crippen MR) is 123 cm³/mol. The molecule has 0 heterocycles. The third kappa shape index (κ3) is 12.4. The summed E-state index contributed by atoms with van der Waals surface area (Å²) >= 11 is 1.43. The molecule has 0 aliphatic rings. The zero-order valence-corrected chi connectivity index (χ0v) is 19.7. The van der Waals surface area contributed by atoms with E-state index in [4.69, 9.17) is 17.2 Å². The summed E-state index contributed by atoms with van der Waals surface area (Å²) in [6.07, 6.45) is 1.44. The molecule has 0 aliphatic heterocycles. The Morgan fingerprint density at radius 2 is 1.42 bits per heavy atom. The van der Waals surface area contributed by atoms with E-state index in [0.717, 1.165) is 0 Å². The first-order valence-corrected chi connectivity index (χ1v) is 11.9. The number of aliphatic carboxylic acids is 1. The average molecular weight is 493 g/mol.